The van der Waals surface area contributed by atoms with Gasteiger partial charge >= 0.3 is 18.2 Å². The molecule has 0 unspecified atom stereocenters. The molecular formula is C24H39NO9. The Morgan fingerprint density at radius 3 is 1.94 bits per heavy atom. The fraction of sp³-hybridized carbons (Fsp3) is 0.708. The molecule has 0 radical (unpaired) electrons. The van der Waals surface area contributed by atoms with Gasteiger partial charge in [-0.15, -0.1) is 13.2 Å². The molecule has 1 heterocycles. The zero-order valence-corrected chi connectivity index (χ0v) is 21.3. The van der Waals surface area contributed by atoms with Gasteiger partial charge in [-0.1, -0.05) is 12.2 Å². The molecule has 0 aromatic rings. The standard InChI is InChI=1S/C24H39NO9/c1-10-12-30-18-15-29-14-17(20(26)32-16(3)19(18)31-13-11-2)25(21(27)33-23(4,5)6)22(28)34-24(7,8)9/h10-11,16-19H,1-2,12-15H2,3-9H3/t16-,17-,18-,19-/m0/s1. The first kappa shape index (κ1) is 29.6. The lowest BCUT2D eigenvalue weighted by atomic mass is 10.1. The van der Waals surface area contributed by atoms with Crippen LogP contribution in [0.25, 0.3) is 0 Å². The molecule has 0 aliphatic carbocycles. The highest BCUT2D eigenvalue weighted by molar-refractivity contribution is 5.94. The molecule has 1 fully saturated rings. The maximum absolute atomic E-state index is 13.2. The highest BCUT2D eigenvalue weighted by Gasteiger charge is 2.44. The maximum atomic E-state index is 13.2. The van der Waals surface area contributed by atoms with Crippen molar-refractivity contribution in [3.8, 4) is 0 Å². The van der Waals surface area contributed by atoms with Crippen molar-refractivity contribution < 1.29 is 42.8 Å². The average molecular weight is 486 g/mol. The number of carbonyl (C=O) groups excluding carboxylic acids is 3. The summed E-state index contributed by atoms with van der Waals surface area (Å²) in [4.78, 5) is 39.7. The van der Waals surface area contributed by atoms with Crippen LogP contribution in [-0.4, -0.2) is 85.0 Å². The maximum Gasteiger partial charge on any atom is 0.420 e. The molecule has 0 aromatic heterocycles. The van der Waals surface area contributed by atoms with Crippen LogP contribution in [0.5, 0.6) is 0 Å². The van der Waals surface area contributed by atoms with Gasteiger partial charge in [-0.05, 0) is 48.5 Å². The van der Waals surface area contributed by atoms with E-state index in [0.29, 0.717) is 4.90 Å². The molecule has 1 rings (SSSR count). The molecular weight excluding hydrogens is 446 g/mol. The van der Waals surface area contributed by atoms with E-state index in [1.54, 1.807) is 60.6 Å². The minimum atomic E-state index is -1.45. The summed E-state index contributed by atoms with van der Waals surface area (Å²) >= 11 is 0. The zero-order valence-electron chi connectivity index (χ0n) is 21.3. The molecule has 10 heteroatoms. The fourth-order valence-corrected chi connectivity index (χ4v) is 2.98. The Hall–Kier alpha value is -2.43. The molecule has 0 N–H and O–H groups in total. The molecule has 0 aromatic carbocycles. The van der Waals surface area contributed by atoms with Gasteiger partial charge in [-0.25, -0.2) is 14.4 Å². The van der Waals surface area contributed by atoms with Crippen molar-refractivity contribution >= 4 is 18.2 Å². The van der Waals surface area contributed by atoms with Crippen LogP contribution in [0.2, 0.25) is 0 Å². The molecule has 194 valence electrons. The first-order valence-electron chi connectivity index (χ1n) is 11.2. The van der Waals surface area contributed by atoms with E-state index in [-0.39, 0.29) is 26.4 Å². The number of amides is 2. The van der Waals surface area contributed by atoms with Crippen molar-refractivity contribution in [2.24, 2.45) is 0 Å². The summed E-state index contributed by atoms with van der Waals surface area (Å²) in [6.07, 6.45) is -1.10. The summed E-state index contributed by atoms with van der Waals surface area (Å²) in [6.45, 7) is 18.8. The van der Waals surface area contributed by atoms with Crippen LogP contribution in [0.4, 0.5) is 9.59 Å². The smallest absolute Gasteiger partial charge is 0.420 e. The fourth-order valence-electron chi connectivity index (χ4n) is 2.98. The first-order valence-corrected chi connectivity index (χ1v) is 11.2. The van der Waals surface area contributed by atoms with Crippen molar-refractivity contribution in [1.82, 2.24) is 4.90 Å². The molecule has 10 nitrogen and oxygen atoms in total. The molecule has 34 heavy (non-hydrogen) atoms. The number of rotatable bonds is 7. The number of cyclic esters (lactones) is 1. The van der Waals surface area contributed by atoms with Gasteiger partial charge in [0.25, 0.3) is 0 Å². The van der Waals surface area contributed by atoms with Crippen LogP contribution >= 0.6 is 0 Å². The third-order valence-electron chi connectivity index (χ3n) is 4.29. The second-order valence-electron chi connectivity index (χ2n) is 9.77. The second kappa shape index (κ2) is 12.9. The lowest BCUT2D eigenvalue weighted by Gasteiger charge is -2.32. The number of hydrogen-bond donors (Lipinski definition) is 0. The molecule has 0 spiro atoms. The van der Waals surface area contributed by atoms with Crippen molar-refractivity contribution in [2.45, 2.75) is 84.0 Å². The van der Waals surface area contributed by atoms with E-state index in [2.05, 4.69) is 13.2 Å². The van der Waals surface area contributed by atoms with Gasteiger partial charge < -0.3 is 28.4 Å². The highest BCUT2D eigenvalue weighted by atomic mass is 16.6. The lowest BCUT2D eigenvalue weighted by molar-refractivity contribution is -0.167. The van der Waals surface area contributed by atoms with Crippen molar-refractivity contribution in [1.29, 1.82) is 0 Å². The van der Waals surface area contributed by atoms with Crippen LogP contribution in [0.1, 0.15) is 48.5 Å². The normalized spacial score (nSPS) is 24.0. The molecule has 4 atom stereocenters. The topological polar surface area (TPSA) is 110 Å². The van der Waals surface area contributed by atoms with Gasteiger partial charge in [0.15, 0.2) is 6.04 Å². The largest absolute Gasteiger partial charge is 0.458 e. The minimum Gasteiger partial charge on any atom is -0.458 e. The summed E-state index contributed by atoms with van der Waals surface area (Å²) in [5.41, 5.74) is -1.86. The Morgan fingerprint density at radius 1 is 0.971 bits per heavy atom. The van der Waals surface area contributed by atoms with Crippen LogP contribution in [-0.2, 0) is 33.2 Å². The summed E-state index contributed by atoms with van der Waals surface area (Å²) in [5, 5.41) is 0. The van der Waals surface area contributed by atoms with E-state index in [1.165, 1.54) is 0 Å². The minimum absolute atomic E-state index is 0.00358. The number of carbonyl (C=O) groups is 3. The Morgan fingerprint density at radius 2 is 1.47 bits per heavy atom. The summed E-state index contributed by atoms with van der Waals surface area (Å²) in [6, 6.07) is -1.45. The molecule has 1 saturated heterocycles. The third-order valence-corrected chi connectivity index (χ3v) is 4.29. The SMILES string of the molecule is C=CCO[C@H]1[C@H](C)OC(=O)[C@@H](N(C(=O)OC(C)(C)C)C(=O)OC(C)(C)C)COC[C@@H]1OCC=C. The second-order valence-corrected chi connectivity index (χ2v) is 9.77. The summed E-state index contributed by atoms with van der Waals surface area (Å²) in [5.74, 6) is -0.874. The van der Waals surface area contributed by atoms with Gasteiger partial charge in [0.05, 0.1) is 26.4 Å². The lowest BCUT2D eigenvalue weighted by Crippen LogP contribution is -2.54. The van der Waals surface area contributed by atoms with E-state index in [4.69, 9.17) is 28.4 Å². The highest BCUT2D eigenvalue weighted by Crippen LogP contribution is 2.22. The van der Waals surface area contributed by atoms with Crippen LogP contribution in [0.3, 0.4) is 0 Å². The van der Waals surface area contributed by atoms with E-state index in [0.717, 1.165) is 0 Å². The van der Waals surface area contributed by atoms with Crippen molar-refractivity contribution in [3.63, 3.8) is 0 Å². The Bertz CT molecular complexity index is 695. The van der Waals surface area contributed by atoms with Crippen molar-refractivity contribution in [3.05, 3.63) is 25.3 Å². The summed E-state index contributed by atoms with van der Waals surface area (Å²) in [7, 11) is 0. The number of hydrogen-bond acceptors (Lipinski definition) is 9. The predicted octanol–water partition coefficient (Wildman–Crippen LogP) is 3.63. The molecule has 0 saturated carbocycles. The summed E-state index contributed by atoms with van der Waals surface area (Å²) < 4.78 is 33.6. The molecule has 1 aliphatic heterocycles. The molecule has 0 bridgehead atoms. The van der Waals surface area contributed by atoms with Gasteiger partial charge in [-0.3, -0.25) is 0 Å². The first-order chi connectivity index (χ1) is 15.7. The van der Waals surface area contributed by atoms with Crippen LogP contribution < -0.4 is 0 Å². The number of imide groups is 1. The number of nitrogens with zero attached hydrogens (tertiary/aromatic N) is 1. The molecule has 1 aliphatic rings. The zero-order chi connectivity index (χ0) is 26.1. The average Bonchev–Trinajstić information content (AvgIpc) is 2.72. The van der Waals surface area contributed by atoms with Crippen molar-refractivity contribution in [2.75, 3.05) is 26.4 Å². The van der Waals surface area contributed by atoms with Crippen LogP contribution in [0.15, 0.2) is 25.3 Å². The van der Waals surface area contributed by atoms with Gasteiger partial charge in [0.2, 0.25) is 0 Å². The monoisotopic (exact) mass is 485 g/mol. The quantitative estimate of drug-likeness (QED) is 0.303. The van der Waals surface area contributed by atoms with Gasteiger partial charge in [-0.2, -0.15) is 4.90 Å². The Labute approximate surface area is 202 Å². The van der Waals surface area contributed by atoms with Gasteiger partial charge in [0, 0.05) is 0 Å². The number of esters is 1. The third kappa shape index (κ3) is 9.82. The Balaban J connectivity index is 3.30. The molecule has 2 amide bonds. The van der Waals surface area contributed by atoms with E-state index in [9.17, 15) is 14.4 Å². The van der Waals surface area contributed by atoms with Gasteiger partial charge in [0.1, 0.15) is 29.5 Å². The van der Waals surface area contributed by atoms with E-state index < -0.39 is 53.7 Å². The number of ether oxygens (including phenoxy) is 6. The van der Waals surface area contributed by atoms with Crippen LogP contribution in [0, 0.1) is 0 Å². The van der Waals surface area contributed by atoms with E-state index >= 15 is 0 Å². The predicted molar refractivity (Wildman–Crippen MR) is 124 cm³/mol. The van der Waals surface area contributed by atoms with E-state index in [1.807, 2.05) is 0 Å². The Kier molecular flexibility index (Phi) is 11.2.